The molecule has 0 radical (unpaired) electrons. The van der Waals surface area contributed by atoms with Gasteiger partial charge in [-0.1, -0.05) is 0 Å². The second-order valence-corrected chi connectivity index (χ2v) is 9.37. The molecule has 0 amide bonds. The van der Waals surface area contributed by atoms with Gasteiger partial charge in [-0.05, 0) is 0 Å². The molecule has 0 aliphatic carbocycles. The maximum absolute atomic E-state index is 2.64. The molecule has 0 N–H and O–H groups in total. The van der Waals surface area contributed by atoms with Crippen LogP contribution in [0.3, 0.4) is 0 Å². The molecule has 0 saturated heterocycles. The van der Waals surface area contributed by atoms with Crippen LogP contribution >= 0.6 is 0 Å². The first kappa shape index (κ1) is 9.76. The Balaban J connectivity index is 2.23. The number of nitrogens with zero attached hydrogens (tertiary/aromatic N) is 1. The first-order valence-corrected chi connectivity index (χ1v) is 7.57. The summed E-state index contributed by atoms with van der Waals surface area (Å²) in [6.07, 6.45) is 0. The molecule has 1 nitrogen and oxygen atoms in total. The zero-order chi connectivity index (χ0) is 9.47. The van der Waals surface area contributed by atoms with Crippen LogP contribution in [0.5, 0.6) is 0 Å². The third-order valence-corrected chi connectivity index (χ3v) is 9.35. The summed E-state index contributed by atoms with van der Waals surface area (Å²) in [7, 11) is 0. The zero-order valence-corrected chi connectivity index (χ0v) is 11.5. The van der Waals surface area contributed by atoms with E-state index in [0.717, 1.165) is 0 Å². The monoisotopic (exact) mass is 307 g/mol. The molecular formula is C10H13NSe2. The molecule has 1 aliphatic rings. The van der Waals surface area contributed by atoms with Crippen LogP contribution in [0.1, 0.15) is 20.8 Å². The van der Waals surface area contributed by atoms with Gasteiger partial charge in [0, 0.05) is 0 Å². The van der Waals surface area contributed by atoms with Crippen LogP contribution in [0.2, 0.25) is 0 Å². The summed E-state index contributed by atoms with van der Waals surface area (Å²) in [5.41, 5.74) is 0.346. The van der Waals surface area contributed by atoms with Gasteiger partial charge in [0.2, 0.25) is 0 Å². The summed E-state index contributed by atoms with van der Waals surface area (Å²) in [4.78, 5) is 0. The van der Waals surface area contributed by atoms with Crippen molar-refractivity contribution in [3.05, 3.63) is 24.3 Å². The molecule has 0 bridgehead atoms. The van der Waals surface area contributed by atoms with Crippen molar-refractivity contribution < 1.29 is 0 Å². The van der Waals surface area contributed by atoms with Gasteiger partial charge in [0.15, 0.2) is 0 Å². The number of benzene rings is 1. The minimum absolute atomic E-state index is 0.346. The summed E-state index contributed by atoms with van der Waals surface area (Å²) in [5, 5.41) is 0. The van der Waals surface area contributed by atoms with Crippen LogP contribution < -0.4 is 8.92 Å². The van der Waals surface area contributed by atoms with Gasteiger partial charge in [-0.25, -0.2) is 0 Å². The topological polar surface area (TPSA) is 3.24 Å². The van der Waals surface area contributed by atoms with Gasteiger partial charge in [0.05, 0.1) is 0 Å². The maximum atomic E-state index is 2.64. The van der Waals surface area contributed by atoms with Gasteiger partial charge in [0.25, 0.3) is 0 Å². The van der Waals surface area contributed by atoms with E-state index in [1.165, 1.54) is 0 Å². The van der Waals surface area contributed by atoms with E-state index in [0.29, 0.717) is 35.9 Å². The summed E-state index contributed by atoms with van der Waals surface area (Å²) in [6.45, 7) is 6.92. The van der Waals surface area contributed by atoms with Gasteiger partial charge in [-0.15, -0.1) is 0 Å². The van der Waals surface area contributed by atoms with Crippen LogP contribution in [0.15, 0.2) is 24.3 Å². The Hall–Kier alpha value is 0.219. The molecule has 1 aromatic carbocycles. The normalized spacial score (nSPS) is 17.5. The quantitative estimate of drug-likeness (QED) is 0.623. The summed E-state index contributed by atoms with van der Waals surface area (Å²) < 4.78 is 5.81. The SMILES string of the molecule is CC(C)(C)N1[Se]c2ccccc2[Se]1. The standard InChI is InChI=1S/C10H13NSe2/c1-10(2,3)11-12-8-6-4-5-7-9(8)13-11/h4-7H,1-3H3. The van der Waals surface area contributed by atoms with Crippen LogP contribution in [0.4, 0.5) is 0 Å². The molecule has 0 atom stereocenters. The molecule has 0 aromatic heterocycles. The van der Waals surface area contributed by atoms with Crippen molar-refractivity contribution >= 4 is 39.3 Å². The molecule has 0 unspecified atom stereocenters. The Bertz CT molecular complexity index is 292. The van der Waals surface area contributed by atoms with Crippen LogP contribution in [0.25, 0.3) is 0 Å². The summed E-state index contributed by atoms with van der Waals surface area (Å²) >= 11 is 1.13. The van der Waals surface area contributed by atoms with Crippen molar-refractivity contribution in [2.45, 2.75) is 26.3 Å². The molecular weight excluding hydrogens is 292 g/mol. The molecule has 0 saturated carbocycles. The number of rotatable bonds is 0. The number of hydrogen-bond acceptors (Lipinski definition) is 1. The average molecular weight is 305 g/mol. The van der Waals surface area contributed by atoms with E-state index in [1.54, 1.807) is 8.92 Å². The molecule has 3 heteroatoms. The van der Waals surface area contributed by atoms with Gasteiger partial charge in [0.1, 0.15) is 0 Å². The third kappa shape index (κ3) is 2.01. The summed E-state index contributed by atoms with van der Waals surface area (Å²) in [6, 6.07) is 8.87. The molecule has 2 rings (SSSR count). The molecule has 1 aliphatic heterocycles. The van der Waals surface area contributed by atoms with E-state index in [2.05, 4.69) is 48.0 Å². The van der Waals surface area contributed by atoms with Gasteiger partial charge < -0.3 is 0 Å². The molecule has 1 heterocycles. The van der Waals surface area contributed by atoms with E-state index in [4.69, 9.17) is 0 Å². The van der Waals surface area contributed by atoms with Crippen molar-refractivity contribution in [1.82, 2.24) is 2.93 Å². The van der Waals surface area contributed by atoms with Gasteiger partial charge in [-0.2, -0.15) is 0 Å². The molecule has 13 heavy (non-hydrogen) atoms. The third-order valence-electron chi connectivity index (χ3n) is 1.76. The Kier molecular flexibility index (Phi) is 2.56. The van der Waals surface area contributed by atoms with Crippen molar-refractivity contribution in [2.75, 3.05) is 0 Å². The Morgan fingerprint density at radius 1 is 1.00 bits per heavy atom. The van der Waals surface area contributed by atoms with Crippen LogP contribution in [0, 0.1) is 0 Å². The first-order chi connectivity index (χ1) is 6.07. The van der Waals surface area contributed by atoms with Crippen molar-refractivity contribution in [2.24, 2.45) is 0 Å². The van der Waals surface area contributed by atoms with Crippen molar-refractivity contribution in [3.8, 4) is 0 Å². The fourth-order valence-electron chi connectivity index (χ4n) is 1.07. The van der Waals surface area contributed by atoms with E-state index in [1.807, 2.05) is 0 Å². The van der Waals surface area contributed by atoms with Crippen LogP contribution in [-0.2, 0) is 0 Å². The van der Waals surface area contributed by atoms with E-state index in [-0.39, 0.29) is 0 Å². The van der Waals surface area contributed by atoms with Gasteiger partial charge >= 0.3 is 92.8 Å². The zero-order valence-electron chi connectivity index (χ0n) is 8.07. The Labute approximate surface area is 92.6 Å². The van der Waals surface area contributed by atoms with Crippen molar-refractivity contribution in [3.63, 3.8) is 0 Å². The van der Waals surface area contributed by atoms with E-state index >= 15 is 0 Å². The first-order valence-electron chi connectivity index (χ1n) is 4.32. The summed E-state index contributed by atoms with van der Waals surface area (Å²) in [5.74, 6) is 0. The fraction of sp³-hybridized carbons (Fsp3) is 0.400. The van der Waals surface area contributed by atoms with Gasteiger partial charge in [-0.3, -0.25) is 0 Å². The van der Waals surface area contributed by atoms with Crippen LogP contribution in [-0.4, -0.2) is 38.8 Å². The second kappa shape index (κ2) is 3.42. The second-order valence-electron chi connectivity index (χ2n) is 4.06. The Morgan fingerprint density at radius 2 is 1.46 bits per heavy atom. The molecule has 1 aromatic rings. The molecule has 0 spiro atoms. The van der Waals surface area contributed by atoms with Crippen molar-refractivity contribution in [1.29, 1.82) is 0 Å². The number of hydrogen-bond donors (Lipinski definition) is 0. The number of fused-ring (bicyclic) bond motifs is 1. The predicted octanol–water partition coefficient (Wildman–Crippen LogP) is 0.290. The minimum atomic E-state index is 0.346. The fourth-order valence-corrected chi connectivity index (χ4v) is 7.27. The average Bonchev–Trinajstić information content (AvgIpc) is 2.45. The molecule has 0 fully saturated rings. The predicted molar refractivity (Wildman–Crippen MR) is 58.8 cm³/mol. The van der Waals surface area contributed by atoms with E-state index in [9.17, 15) is 0 Å². The Morgan fingerprint density at radius 3 is 1.85 bits per heavy atom. The molecule has 70 valence electrons. The van der Waals surface area contributed by atoms with E-state index < -0.39 is 0 Å².